The van der Waals surface area contributed by atoms with E-state index >= 15 is 0 Å². The van der Waals surface area contributed by atoms with Crippen molar-refractivity contribution in [3.63, 3.8) is 0 Å². The van der Waals surface area contributed by atoms with Crippen LogP contribution in [0, 0.1) is 24.5 Å². The number of halogens is 2. The molecule has 3 heterocycles. The zero-order valence-corrected chi connectivity index (χ0v) is 20.9. The highest BCUT2D eigenvalue weighted by Crippen LogP contribution is 2.45. The van der Waals surface area contributed by atoms with Gasteiger partial charge in [-0.15, -0.1) is 0 Å². The molecule has 1 atom stereocenters. The summed E-state index contributed by atoms with van der Waals surface area (Å²) in [6.45, 7) is 7.00. The highest BCUT2D eigenvalue weighted by molar-refractivity contribution is 5.91. The van der Waals surface area contributed by atoms with Gasteiger partial charge in [0.25, 0.3) is 0 Å². The minimum Gasteiger partial charge on any atom is -0.392 e. The number of nitrogens with one attached hydrogen (secondary N) is 1. The van der Waals surface area contributed by atoms with Gasteiger partial charge >= 0.3 is 0 Å². The van der Waals surface area contributed by atoms with Gasteiger partial charge < -0.3 is 20.2 Å². The van der Waals surface area contributed by atoms with Crippen molar-refractivity contribution in [3.8, 4) is 0 Å². The number of hydrogen-bond donors (Lipinski definition) is 2. The fraction of sp³-hybridized carbons (Fsp3) is 0.483. The Morgan fingerprint density at radius 2 is 1.83 bits per heavy atom. The molecule has 2 fully saturated rings. The Kier molecular flexibility index (Phi) is 7.13. The molecule has 2 aromatic rings. The van der Waals surface area contributed by atoms with Crippen molar-refractivity contribution in [1.29, 1.82) is 0 Å². The largest absolute Gasteiger partial charge is 0.392 e. The number of fused-ring (bicyclic) bond motifs is 2. The normalized spacial score (nSPS) is 21.1. The monoisotopic (exact) mass is 495 g/mol. The summed E-state index contributed by atoms with van der Waals surface area (Å²) in [6.07, 6.45) is 6.11. The zero-order chi connectivity index (χ0) is 25.3. The predicted octanol–water partition coefficient (Wildman–Crippen LogP) is 4.35. The van der Waals surface area contributed by atoms with Crippen molar-refractivity contribution in [2.24, 2.45) is 5.92 Å². The van der Waals surface area contributed by atoms with Crippen LogP contribution >= 0.6 is 0 Å². The topological polar surface area (TPSA) is 55.8 Å². The van der Waals surface area contributed by atoms with E-state index < -0.39 is 17.7 Å². The number of hydrogen-bond acceptors (Lipinski definition) is 4. The van der Waals surface area contributed by atoms with Gasteiger partial charge in [0.2, 0.25) is 5.91 Å². The lowest BCUT2D eigenvalue weighted by atomic mass is 9.72. The minimum atomic E-state index is -0.666. The van der Waals surface area contributed by atoms with Gasteiger partial charge in [-0.05, 0) is 92.6 Å². The molecule has 3 aliphatic heterocycles. The Balaban J connectivity index is 1.09. The van der Waals surface area contributed by atoms with Gasteiger partial charge in [-0.1, -0.05) is 12.1 Å². The summed E-state index contributed by atoms with van der Waals surface area (Å²) in [6, 6.07) is 9.71. The van der Waals surface area contributed by atoms with Crippen molar-refractivity contribution >= 4 is 17.7 Å². The third-order valence-corrected chi connectivity index (χ3v) is 8.38. The molecule has 0 bridgehead atoms. The molecule has 192 valence electrons. The van der Waals surface area contributed by atoms with Crippen molar-refractivity contribution in [3.05, 3.63) is 70.8 Å². The van der Waals surface area contributed by atoms with E-state index in [1.54, 1.807) is 4.90 Å². The molecule has 3 aliphatic rings. The van der Waals surface area contributed by atoms with E-state index in [-0.39, 0.29) is 17.2 Å². The maximum atomic E-state index is 13.3. The zero-order valence-electron chi connectivity index (χ0n) is 20.9. The molecular formula is C29H35F2N3O2. The van der Waals surface area contributed by atoms with Crippen LogP contribution < -0.4 is 5.32 Å². The number of piperidine rings is 2. The van der Waals surface area contributed by atoms with E-state index in [9.17, 15) is 18.7 Å². The molecular weight excluding hydrogens is 460 g/mol. The van der Waals surface area contributed by atoms with E-state index in [1.807, 2.05) is 0 Å². The van der Waals surface area contributed by atoms with Crippen LogP contribution in [-0.4, -0.2) is 66.2 Å². The highest BCUT2D eigenvalue weighted by atomic mass is 19.1. The third kappa shape index (κ3) is 5.18. The summed E-state index contributed by atoms with van der Waals surface area (Å²) in [7, 11) is 0. The van der Waals surface area contributed by atoms with E-state index in [1.165, 1.54) is 41.1 Å². The number of aryl methyl sites for hydroxylation is 1. The number of amides is 1. The van der Waals surface area contributed by atoms with Gasteiger partial charge in [0.1, 0.15) is 11.6 Å². The van der Waals surface area contributed by atoms with Crippen molar-refractivity contribution in [1.82, 2.24) is 9.80 Å². The minimum absolute atomic E-state index is 0.169. The summed E-state index contributed by atoms with van der Waals surface area (Å²) in [5.74, 6) is -1.33. The molecule has 2 N–H and O–H groups in total. The average molecular weight is 496 g/mol. The molecule has 2 saturated heterocycles. The van der Waals surface area contributed by atoms with E-state index in [2.05, 4.69) is 35.3 Å². The molecule has 0 aliphatic carbocycles. The van der Waals surface area contributed by atoms with Crippen LogP contribution in [0.2, 0.25) is 0 Å². The van der Waals surface area contributed by atoms with Crippen molar-refractivity contribution < 1.29 is 18.7 Å². The molecule has 0 aromatic heterocycles. The molecule has 36 heavy (non-hydrogen) atoms. The Hall–Kier alpha value is -2.77. The van der Waals surface area contributed by atoms with Gasteiger partial charge in [-0.2, -0.15) is 0 Å². The Morgan fingerprint density at radius 1 is 1.14 bits per heavy atom. The SMILES string of the molecule is Cc1cccc2c1C1(CCN(CC(O)C3CCN(C(=O)/C=C/c4cc(F)cc(F)c4)CC3)CC1)CN2. The number of β-amino-alcohol motifs (C(OH)–C–C–N with tert-alkyl or cyclic N) is 1. The number of anilines is 1. The van der Waals surface area contributed by atoms with Gasteiger partial charge in [0, 0.05) is 49.4 Å². The average Bonchev–Trinajstić information content (AvgIpc) is 3.23. The molecule has 1 spiro atoms. The number of aliphatic hydroxyl groups is 1. The van der Waals surface area contributed by atoms with Gasteiger partial charge in [-0.3, -0.25) is 4.79 Å². The van der Waals surface area contributed by atoms with Gasteiger partial charge in [0.15, 0.2) is 0 Å². The summed E-state index contributed by atoms with van der Waals surface area (Å²) in [5.41, 5.74) is 4.66. The second-order valence-corrected chi connectivity index (χ2v) is 10.7. The van der Waals surface area contributed by atoms with E-state index in [0.717, 1.165) is 51.4 Å². The molecule has 2 aromatic carbocycles. The Labute approximate surface area is 211 Å². The number of carbonyl (C=O) groups excluding carboxylic acids is 1. The summed E-state index contributed by atoms with van der Waals surface area (Å²) in [4.78, 5) is 16.7. The predicted molar refractivity (Wildman–Crippen MR) is 138 cm³/mol. The van der Waals surface area contributed by atoms with Crippen LogP contribution in [0.15, 0.2) is 42.5 Å². The van der Waals surface area contributed by atoms with Crippen molar-refractivity contribution in [2.75, 3.05) is 44.6 Å². The van der Waals surface area contributed by atoms with Crippen LogP contribution in [0.1, 0.15) is 42.4 Å². The van der Waals surface area contributed by atoms with Crippen LogP contribution in [-0.2, 0) is 10.2 Å². The summed E-state index contributed by atoms with van der Waals surface area (Å²) < 4.78 is 26.7. The lowest BCUT2D eigenvalue weighted by Gasteiger charge is -2.42. The number of nitrogens with zero attached hydrogens (tertiary/aromatic N) is 2. The molecule has 7 heteroatoms. The van der Waals surface area contributed by atoms with Crippen LogP contribution in [0.5, 0.6) is 0 Å². The molecule has 5 rings (SSSR count). The number of carbonyl (C=O) groups is 1. The van der Waals surface area contributed by atoms with Gasteiger partial charge in [0.05, 0.1) is 6.10 Å². The highest BCUT2D eigenvalue weighted by Gasteiger charge is 2.42. The summed E-state index contributed by atoms with van der Waals surface area (Å²) in [5, 5.41) is 14.6. The first-order chi connectivity index (χ1) is 17.3. The number of rotatable bonds is 5. The Bertz CT molecular complexity index is 1120. The molecule has 0 radical (unpaired) electrons. The van der Waals surface area contributed by atoms with Gasteiger partial charge in [-0.25, -0.2) is 8.78 Å². The smallest absolute Gasteiger partial charge is 0.246 e. The quantitative estimate of drug-likeness (QED) is 0.606. The first-order valence-electron chi connectivity index (χ1n) is 13.0. The molecule has 1 unspecified atom stereocenters. The van der Waals surface area contributed by atoms with Crippen LogP contribution in [0.4, 0.5) is 14.5 Å². The maximum absolute atomic E-state index is 13.3. The molecule has 1 amide bonds. The number of likely N-dealkylation sites (tertiary alicyclic amines) is 2. The standard InChI is InChI=1S/C29H35F2N3O2/c1-20-3-2-4-25-28(20)29(19-32-25)9-13-33(14-10-29)18-26(35)22-7-11-34(12-8-22)27(36)6-5-21-15-23(30)17-24(31)16-21/h2-6,15-17,22,26,32,35H,7-14,18-19H2,1H3/b6-5+. The molecule has 0 saturated carbocycles. The first kappa shape index (κ1) is 24.9. The molecule has 5 nitrogen and oxygen atoms in total. The lowest BCUT2D eigenvalue weighted by molar-refractivity contribution is -0.128. The lowest BCUT2D eigenvalue weighted by Crippen LogP contribution is -2.48. The van der Waals surface area contributed by atoms with E-state index in [4.69, 9.17) is 0 Å². The first-order valence-corrected chi connectivity index (χ1v) is 13.0. The van der Waals surface area contributed by atoms with Crippen molar-refractivity contribution in [2.45, 2.75) is 44.1 Å². The Morgan fingerprint density at radius 3 is 2.53 bits per heavy atom. The number of aliphatic hydroxyl groups excluding tert-OH is 1. The summed E-state index contributed by atoms with van der Waals surface area (Å²) >= 11 is 0. The van der Waals surface area contributed by atoms with E-state index in [0.29, 0.717) is 25.2 Å². The fourth-order valence-corrected chi connectivity index (χ4v) is 6.32. The fourth-order valence-electron chi connectivity index (χ4n) is 6.32. The van der Waals surface area contributed by atoms with Crippen LogP contribution in [0.25, 0.3) is 6.08 Å². The van der Waals surface area contributed by atoms with Crippen LogP contribution in [0.3, 0.4) is 0 Å². The second-order valence-electron chi connectivity index (χ2n) is 10.7. The second kappa shape index (κ2) is 10.3. The number of benzene rings is 2. The third-order valence-electron chi connectivity index (χ3n) is 8.38. The maximum Gasteiger partial charge on any atom is 0.246 e.